The molecular weight excluding hydrogens is 293 g/mol. The third-order valence-corrected chi connectivity index (χ3v) is 5.17. The molecular formula is C16H25Cl2NO. The largest absolute Gasteiger partial charge is 0.384 e. The third kappa shape index (κ3) is 3.67. The quantitative estimate of drug-likeness (QED) is 0.797. The van der Waals surface area contributed by atoms with Crippen LogP contribution in [0.4, 0.5) is 0 Å². The van der Waals surface area contributed by atoms with Crippen molar-refractivity contribution >= 4 is 23.2 Å². The molecule has 1 atom stereocenters. The maximum Gasteiger partial charge on any atom is 0.0595 e. The fraction of sp³-hybridized carbons (Fsp3) is 0.625. The van der Waals surface area contributed by atoms with Crippen molar-refractivity contribution in [1.29, 1.82) is 0 Å². The number of methoxy groups -OCH3 is 1. The predicted octanol–water partition coefficient (Wildman–Crippen LogP) is 4.53. The van der Waals surface area contributed by atoms with Gasteiger partial charge in [-0.15, -0.1) is 0 Å². The van der Waals surface area contributed by atoms with E-state index >= 15 is 0 Å². The molecule has 114 valence electrons. The Balaban J connectivity index is 3.25. The molecule has 0 fully saturated rings. The van der Waals surface area contributed by atoms with Gasteiger partial charge in [0, 0.05) is 12.5 Å². The molecule has 1 aromatic carbocycles. The van der Waals surface area contributed by atoms with Crippen LogP contribution in [-0.2, 0) is 10.2 Å². The zero-order chi connectivity index (χ0) is 15.4. The molecule has 0 unspecified atom stereocenters. The lowest BCUT2D eigenvalue weighted by atomic mass is 9.61. The van der Waals surface area contributed by atoms with Crippen molar-refractivity contribution in [3.05, 3.63) is 33.8 Å². The Hall–Kier alpha value is -0.280. The highest BCUT2D eigenvalue weighted by atomic mass is 35.5. The van der Waals surface area contributed by atoms with E-state index in [9.17, 15) is 0 Å². The Bertz CT molecular complexity index is 448. The molecule has 4 heteroatoms. The van der Waals surface area contributed by atoms with E-state index in [1.165, 1.54) is 5.56 Å². The van der Waals surface area contributed by atoms with Crippen molar-refractivity contribution in [3.8, 4) is 0 Å². The standard InChI is InChI=1S/C16H25Cl2NO/c1-15(2,11-20-5)16(3,8-9-19-4)12-6-7-13(17)14(18)10-12/h6-7,10,19H,8-9,11H2,1-5H3/t16-/m1/s1. The highest BCUT2D eigenvalue weighted by molar-refractivity contribution is 6.42. The first-order valence-corrected chi connectivity index (χ1v) is 7.63. The SMILES string of the molecule is CNCC[C@](C)(c1ccc(Cl)c(Cl)c1)C(C)(C)COC. The average molecular weight is 318 g/mol. The maximum atomic E-state index is 6.20. The van der Waals surface area contributed by atoms with Crippen molar-refractivity contribution in [2.24, 2.45) is 5.41 Å². The van der Waals surface area contributed by atoms with E-state index in [-0.39, 0.29) is 10.8 Å². The first kappa shape index (κ1) is 17.8. The van der Waals surface area contributed by atoms with Gasteiger partial charge in [0.25, 0.3) is 0 Å². The van der Waals surface area contributed by atoms with Crippen LogP contribution in [0.2, 0.25) is 10.0 Å². The van der Waals surface area contributed by atoms with Gasteiger partial charge in [-0.2, -0.15) is 0 Å². The van der Waals surface area contributed by atoms with Crippen LogP contribution in [0.3, 0.4) is 0 Å². The van der Waals surface area contributed by atoms with Gasteiger partial charge < -0.3 is 10.1 Å². The lowest BCUT2D eigenvalue weighted by Crippen LogP contribution is -2.44. The summed E-state index contributed by atoms with van der Waals surface area (Å²) in [6.45, 7) is 8.35. The van der Waals surface area contributed by atoms with E-state index in [4.69, 9.17) is 27.9 Å². The summed E-state index contributed by atoms with van der Waals surface area (Å²) in [6.07, 6.45) is 0.998. The molecule has 20 heavy (non-hydrogen) atoms. The summed E-state index contributed by atoms with van der Waals surface area (Å²) in [6, 6.07) is 5.93. The molecule has 0 saturated heterocycles. The van der Waals surface area contributed by atoms with Crippen molar-refractivity contribution in [2.75, 3.05) is 27.3 Å². The van der Waals surface area contributed by atoms with Gasteiger partial charge in [0.15, 0.2) is 0 Å². The second-order valence-electron chi connectivity index (χ2n) is 6.13. The number of rotatable bonds is 7. The molecule has 0 aromatic heterocycles. The van der Waals surface area contributed by atoms with E-state index in [1.54, 1.807) is 7.11 Å². The molecule has 0 heterocycles. The first-order valence-electron chi connectivity index (χ1n) is 6.87. The second kappa shape index (κ2) is 7.13. The van der Waals surface area contributed by atoms with Crippen LogP contribution in [0, 0.1) is 5.41 Å². The number of benzene rings is 1. The third-order valence-electron chi connectivity index (χ3n) is 4.43. The molecule has 0 amide bonds. The van der Waals surface area contributed by atoms with Crippen molar-refractivity contribution < 1.29 is 4.74 Å². The summed E-state index contributed by atoms with van der Waals surface area (Å²) in [5.41, 5.74) is 1.12. The van der Waals surface area contributed by atoms with E-state index < -0.39 is 0 Å². The Morgan fingerprint density at radius 2 is 1.80 bits per heavy atom. The van der Waals surface area contributed by atoms with Gasteiger partial charge >= 0.3 is 0 Å². The lowest BCUT2D eigenvalue weighted by molar-refractivity contribution is 0.0415. The first-order chi connectivity index (χ1) is 9.28. The summed E-state index contributed by atoms with van der Waals surface area (Å²) in [5, 5.41) is 4.43. The minimum Gasteiger partial charge on any atom is -0.384 e. The van der Waals surface area contributed by atoms with Crippen LogP contribution in [0.25, 0.3) is 0 Å². The Morgan fingerprint density at radius 3 is 2.30 bits per heavy atom. The predicted molar refractivity (Wildman–Crippen MR) is 88.0 cm³/mol. The van der Waals surface area contributed by atoms with E-state index in [2.05, 4.69) is 32.2 Å². The van der Waals surface area contributed by atoms with Crippen LogP contribution < -0.4 is 5.32 Å². The molecule has 1 rings (SSSR count). The number of ether oxygens (including phenoxy) is 1. The van der Waals surface area contributed by atoms with Crippen LogP contribution in [0.1, 0.15) is 32.8 Å². The molecule has 0 saturated carbocycles. The summed E-state index contributed by atoms with van der Waals surface area (Å²) in [7, 11) is 3.72. The zero-order valence-corrected chi connectivity index (χ0v) is 14.5. The van der Waals surface area contributed by atoms with Gasteiger partial charge in [-0.3, -0.25) is 0 Å². The van der Waals surface area contributed by atoms with Gasteiger partial charge in [-0.25, -0.2) is 0 Å². The molecule has 2 nitrogen and oxygen atoms in total. The van der Waals surface area contributed by atoms with E-state index in [1.807, 2.05) is 19.2 Å². The van der Waals surface area contributed by atoms with E-state index in [0.717, 1.165) is 13.0 Å². The maximum absolute atomic E-state index is 6.20. The monoisotopic (exact) mass is 317 g/mol. The smallest absolute Gasteiger partial charge is 0.0595 e. The molecule has 0 aliphatic rings. The topological polar surface area (TPSA) is 21.3 Å². The zero-order valence-electron chi connectivity index (χ0n) is 13.0. The molecule has 1 aromatic rings. The highest BCUT2D eigenvalue weighted by Gasteiger charge is 2.42. The van der Waals surface area contributed by atoms with Gasteiger partial charge in [0.05, 0.1) is 16.7 Å². The Labute approximate surface area is 132 Å². The summed E-state index contributed by atoms with van der Waals surface area (Å²) in [4.78, 5) is 0. The molecule has 0 radical (unpaired) electrons. The average Bonchev–Trinajstić information content (AvgIpc) is 2.38. The second-order valence-corrected chi connectivity index (χ2v) is 6.95. The number of nitrogens with one attached hydrogen (secondary N) is 1. The number of hydrogen-bond donors (Lipinski definition) is 1. The minimum absolute atomic E-state index is 0.0181. The van der Waals surface area contributed by atoms with Crippen LogP contribution in [-0.4, -0.2) is 27.3 Å². The van der Waals surface area contributed by atoms with Crippen molar-refractivity contribution in [2.45, 2.75) is 32.6 Å². The van der Waals surface area contributed by atoms with Gasteiger partial charge in [-0.05, 0) is 43.1 Å². The fourth-order valence-electron chi connectivity index (χ4n) is 2.61. The van der Waals surface area contributed by atoms with Crippen LogP contribution in [0.5, 0.6) is 0 Å². The van der Waals surface area contributed by atoms with E-state index in [0.29, 0.717) is 16.7 Å². The fourth-order valence-corrected chi connectivity index (χ4v) is 2.91. The molecule has 0 aliphatic heterocycles. The molecule has 0 aliphatic carbocycles. The highest BCUT2D eigenvalue weighted by Crippen LogP contribution is 2.45. The Morgan fingerprint density at radius 1 is 1.15 bits per heavy atom. The number of halogens is 2. The minimum atomic E-state index is -0.0553. The van der Waals surface area contributed by atoms with Gasteiger partial charge in [-0.1, -0.05) is 50.0 Å². The van der Waals surface area contributed by atoms with Gasteiger partial charge in [0.1, 0.15) is 0 Å². The summed E-state index contributed by atoms with van der Waals surface area (Å²) >= 11 is 12.2. The van der Waals surface area contributed by atoms with Crippen LogP contribution in [0.15, 0.2) is 18.2 Å². The van der Waals surface area contributed by atoms with Crippen molar-refractivity contribution in [3.63, 3.8) is 0 Å². The molecule has 1 N–H and O–H groups in total. The van der Waals surface area contributed by atoms with Crippen molar-refractivity contribution in [1.82, 2.24) is 5.32 Å². The summed E-state index contributed by atoms with van der Waals surface area (Å²) in [5.74, 6) is 0. The normalized spacial score (nSPS) is 15.2. The summed E-state index contributed by atoms with van der Waals surface area (Å²) < 4.78 is 5.43. The molecule has 0 spiro atoms. The van der Waals surface area contributed by atoms with Gasteiger partial charge in [0.2, 0.25) is 0 Å². The van der Waals surface area contributed by atoms with Crippen LogP contribution >= 0.6 is 23.2 Å². The lowest BCUT2D eigenvalue weighted by Gasteiger charge is -2.45. The Kier molecular flexibility index (Phi) is 6.33. The number of hydrogen-bond acceptors (Lipinski definition) is 2. The molecule has 0 bridgehead atoms.